The summed E-state index contributed by atoms with van der Waals surface area (Å²) >= 11 is 0. The Morgan fingerprint density at radius 2 is 1.56 bits per heavy atom. The van der Waals surface area contributed by atoms with Crippen molar-refractivity contribution >= 4 is 12.4 Å². The third-order valence-corrected chi connectivity index (χ3v) is 2.72. The highest BCUT2D eigenvalue weighted by molar-refractivity contribution is 5.85. The Morgan fingerprint density at radius 3 is 1.89 bits per heavy atom. The van der Waals surface area contributed by atoms with Crippen molar-refractivity contribution in [1.82, 2.24) is 0 Å². The Bertz CT molecular complexity index is 346. The summed E-state index contributed by atoms with van der Waals surface area (Å²) in [6.45, 7) is 2.10. The van der Waals surface area contributed by atoms with E-state index in [4.69, 9.17) is 19.9 Å². The first kappa shape index (κ1) is 16.9. The van der Waals surface area contributed by atoms with Gasteiger partial charge in [-0.1, -0.05) is 13.3 Å². The van der Waals surface area contributed by atoms with Crippen LogP contribution in [0.3, 0.4) is 0 Å². The van der Waals surface area contributed by atoms with Crippen molar-refractivity contribution in [1.29, 1.82) is 0 Å². The fourth-order valence-corrected chi connectivity index (χ4v) is 1.85. The molecule has 104 valence electrons. The number of rotatable bonds is 6. The number of halogens is 1. The van der Waals surface area contributed by atoms with Gasteiger partial charge in [-0.15, -0.1) is 12.4 Å². The first-order valence-electron chi connectivity index (χ1n) is 5.73. The van der Waals surface area contributed by atoms with E-state index in [1.807, 2.05) is 12.1 Å². The lowest BCUT2D eigenvalue weighted by atomic mass is 10.0. The monoisotopic (exact) mass is 275 g/mol. The summed E-state index contributed by atoms with van der Waals surface area (Å²) in [6.07, 6.45) is 1.90. The predicted octanol–water partition coefficient (Wildman–Crippen LogP) is 2.93. The lowest BCUT2D eigenvalue weighted by Gasteiger charge is -2.19. The van der Waals surface area contributed by atoms with E-state index in [0.29, 0.717) is 17.2 Å². The lowest BCUT2D eigenvalue weighted by Crippen LogP contribution is -2.13. The zero-order valence-electron chi connectivity index (χ0n) is 11.4. The van der Waals surface area contributed by atoms with E-state index in [1.165, 1.54) is 0 Å². The van der Waals surface area contributed by atoms with Crippen LogP contribution in [0, 0.1) is 0 Å². The van der Waals surface area contributed by atoms with Gasteiger partial charge >= 0.3 is 0 Å². The van der Waals surface area contributed by atoms with Crippen LogP contribution in [0.4, 0.5) is 0 Å². The Kier molecular flexibility index (Phi) is 7.55. The highest BCUT2D eigenvalue weighted by Gasteiger charge is 2.18. The van der Waals surface area contributed by atoms with E-state index in [1.54, 1.807) is 21.3 Å². The van der Waals surface area contributed by atoms with Gasteiger partial charge in [-0.2, -0.15) is 0 Å². The zero-order chi connectivity index (χ0) is 12.8. The third kappa shape index (κ3) is 3.68. The lowest BCUT2D eigenvalue weighted by molar-refractivity contribution is 0.362. The van der Waals surface area contributed by atoms with Gasteiger partial charge < -0.3 is 19.9 Å². The van der Waals surface area contributed by atoms with Gasteiger partial charge in [0.15, 0.2) is 0 Å². The molecule has 0 bridgehead atoms. The summed E-state index contributed by atoms with van der Waals surface area (Å²) < 4.78 is 15.9. The molecule has 1 aromatic carbocycles. The molecule has 0 unspecified atom stereocenters. The average molecular weight is 276 g/mol. The summed E-state index contributed by atoms with van der Waals surface area (Å²) in [4.78, 5) is 0. The van der Waals surface area contributed by atoms with E-state index in [2.05, 4.69) is 6.92 Å². The van der Waals surface area contributed by atoms with Crippen LogP contribution in [0.25, 0.3) is 0 Å². The quantitative estimate of drug-likeness (QED) is 0.867. The van der Waals surface area contributed by atoms with Crippen LogP contribution in [-0.2, 0) is 0 Å². The van der Waals surface area contributed by atoms with Crippen molar-refractivity contribution in [2.75, 3.05) is 21.3 Å². The van der Waals surface area contributed by atoms with Crippen LogP contribution in [0.5, 0.6) is 17.2 Å². The van der Waals surface area contributed by atoms with E-state index in [9.17, 15) is 0 Å². The molecule has 18 heavy (non-hydrogen) atoms. The van der Waals surface area contributed by atoms with Crippen LogP contribution in [0.2, 0.25) is 0 Å². The molecule has 4 nitrogen and oxygen atoms in total. The van der Waals surface area contributed by atoms with Gasteiger partial charge in [0.25, 0.3) is 0 Å². The molecule has 0 aliphatic rings. The van der Waals surface area contributed by atoms with Gasteiger partial charge in [-0.25, -0.2) is 0 Å². The van der Waals surface area contributed by atoms with Crippen molar-refractivity contribution < 1.29 is 14.2 Å². The van der Waals surface area contributed by atoms with Gasteiger partial charge in [0.1, 0.15) is 17.2 Å². The Labute approximate surface area is 115 Å². The first-order valence-corrected chi connectivity index (χ1v) is 5.73. The van der Waals surface area contributed by atoms with Crippen molar-refractivity contribution in [3.63, 3.8) is 0 Å². The molecule has 0 saturated heterocycles. The maximum Gasteiger partial charge on any atom is 0.131 e. The minimum absolute atomic E-state index is 0. The molecule has 0 amide bonds. The largest absolute Gasteiger partial charge is 0.496 e. The molecule has 0 fully saturated rings. The number of ether oxygens (including phenoxy) is 3. The fourth-order valence-electron chi connectivity index (χ4n) is 1.85. The average Bonchev–Trinajstić information content (AvgIpc) is 2.37. The number of nitrogens with two attached hydrogens (primary N) is 1. The Morgan fingerprint density at radius 1 is 1.06 bits per heavy atom. The predicted molar refractivity (Wildman–Crippen MR) is 75.2 cm³/mol. The molecule has 0 radical (unpaired) electrons. The number of hydrogen-bond acceptors (Lipinski definition) is 4. The summed E-state index contributed by atoms with van der Waals surface area (Å²) in [5.74, 6) is 2.12. The minimum Gasteiger partial charge on any atom is -0.496 e. The standard InChI is InChI=1S/C13H21NO3.ClH/c1-5-6-10(14)13-11(16-3)7-9(15-2)8-12(13)17-4;/h7-8,10H,5-6,14H2,1-4H3;1H/t10-;/m0./s1. The summed E-state index contributed by atoms with van der Waals surface area (Å²) in [7, 11) is 4.85. The van der Waals surface area contributed by atoms with Crippen LogP contribution in [0.15, 0.2) is 12.1 Å². The van der Waals surface area contributed by atoms with Gasteiger partial charge in [-0.3, -0.25) is 0 Å². The van der Waals surface area contributed by atoms with Crippen molar-refractivity contribution in [3.05, 3.63) is 17.7 Å². The Balaban J connectivity index is 0.00000289. The molecule has 2 N–H and O–H groups in total. The van der Waals surface area contributed by atoms with E-state index >= 15 is 0 Å². The summed E-state index contributed by atoms with van der Waals surface area (Å²) in [6, 6.07) is 3.57. The highest BCUT2D eigenvalue weighted by Crippen LogP contribution is 2.38. The van der Waals surface area contributed by atoms with Crippen molar-refractivity contribution in [2.45, 2.75) is 25.8 Å². The van der Waals surface area contributed by atoms with Gasteiger partial charge in [-0.05, 0) is 6.42 Å². The maximum absolute atomic E-state index is 6.15. The molecule has 0 heterocycles. The molecule has 5 heteroatoms. The number of benzene rings is 1. The van der Waals surface area contributed by atoms with Gasteiger partial charge in [0.2, 0.25) is 0 Å². The second-order valence-electron chi connectivity index (χ2n) is 3.84. The molecule has 0 aliphatic carbocycles. The van der Waals surface area contributed by atoms with E-state index in [-0.39, 0.29) is 18.4 Å². The molecule has 1 rings (SSSR count). The van der Waals surface area contributed by atoms with Crippen LogP contribution >= 0.6 is 12.4 Å². The molecule has 0 spiro atoms. The molecule has 0 aromatic heterocycles. The van der Waals surface area contributed by atoms with Crippen LogP contribution < -0.4 is 19.9 Å². The molecule has 1 atom stereocenters. The minimum atomic E-state index is -0.0872. The second-order valence-corrected chi connectivity index (χ2v) is 3.84. The van der Waals surface area contributed by atoms with Crippen molar-refractivity contribution in [2.24, 2.45) is 5.73 Å². The molecule has 0 aliphatic heterocycles. The fraction of sp³-hybridized carbons (Fsp3) is 0.538. The van der Waals surface area contributed by atoms with Crippen LogP contribution in [-0.4, -0.2) is 21.3 Å². The summed E-state index contributed by atoms with van der Waals surface area (Å²) in [5, 5.41) is 0. The zero-order valence-corrected chi connectivity index (χ0v) is 12.2. The van der Waals surface area contributed by atoms with Crippen molar-refractivity contribution in [3.8, 4) is 17.2 Å². The van der Waals surface area contributed by atoms with Gasteiger partial charge in [0.05, 0.1) is 26.9 Å². The number of methoxy groups -OCH3 is 3. The first-order chi connectivity index (χ1) is 8.17. The third-order valence-electron chi connectivity index (χ3n) is 2.72. The SMILES string of the molecule is CCC[C@H](N)c1c(OC)cc(OC)cc1OC.Cl. The van der Waals surface area contributed by atoms with E-state index in [0.717, 1.165) is 18.4 Å². The second kappa shape index (κ2) is 8.06. The normalized spacial score (nSPS) is 11.4. The number of hydrogen-bond donors (Lipinski definition) is 1. The molecule has 0 saturated carbocycles. The van der Waals surface area contributed by atoms with Crippen LogP contribution in [0.1, 0.15) is 31.4 Å². The van der Waals surface area contributed by atoms with E-state index < -0.39 is 0 Å². The smallest absolute Gasteiger partial charge is 0.131 e. The maximum atomic E-state index is 6.15. The highest BCUT2D eigenvalue weighted by atomic mass is 35.5. The molecular formula is C13H22ClNO3. The molecule has 1 aromatic rings. The molecular weight excluding hydrogens is 254 g/mol. The summed E-state index contributed by atoms with van der Waals surface area (Å²) in [5.41, 5.74) is 7.05. The van der Waals surface area contributed by atoms with Gasteiger partial charge in [0, 0.05) is 18.2 Å². The Hall–Kier alpha value is -1.13. The topological polar surface area (TPSA) is 53.7 Å².